The topological polar surface area (TPSA) is 81.7 Å². The molecule has 168 valence electrons. The zero-order valence-electron chi connectivity index (χ0n) is 17.7. The molecule has 3 aromatic rings. The van der Waals surface area contributed by atoms with Crippen LogP contribution in [0.1, 0.15) is 11.8 Å². The van der Waals surface area contributed by atoms with Crippen molar-refractivity contribution in [2.75, 3.05) is 24.7 Å². The highest BCUT2D eigenvalue weighted by molar-refractivity contribution is 7.92. The Morgan fingerprint density at radius 1 is 1.16 bits per heavy atom. The van der Waals surface area contributed by atoms with E-state index < -0.39 is 16.0 Å². The van der Waals surface area contributed by atoms with Crippen molar-refractivity contribution >= 4 is 50.7 Å². The lowest BCUT2D eigenvalue weighted by Crippen LogP contribution is -2.09. The summed E-state index contributed by atoms with van der Waals surface area (Å²) in [5, 5.41) is 2.54. The number of hydrogen-bond donors (Lipinski definition) is 1. The largest absolute Gasteiger partial charge is 0.496 e. The summed E-state index contributed by atoms with van der Waals surface area (Å²) in [6, 6.07) is 12.4. The van der Waals surface area contributed by atoms with E-state index in [0.717, 1.165) is 33.4 Å². The number of esters is 1. The maximum Gasteiger partial charge on any atom is 0.330 e. The second-order valence-corrected chi connectivity index (χ2v) is 9.87. The number of halogens is 1. The van der Waals surface area contributed by atoms with Crippen molar-refractivity contribution in [2.45, 2.75) is 6.92 Å². The number of rotatable bonds is 8. The van der Waals surface area contributed by atoms with Crippen LogP contribution < -0.4 is 9.46 Å². The average Bonchev–Trinajstić information content (AvgIpc) is 3.15. The number of carbonyl (C=O) groups excluding carboxylic acids is 1. The Hall–Kier alpha value is -2.81. The fourth-order valence-corrected chi connectivity index (χ4v) is 4.84. The summed E-state index contributed by atoms with van der Waals surface area (Å²) < 4.78 is 36.0. The van der Waals surface area contributed by atoms with Crippen LogP contribution in [0.4, 0.5) is 5.69 Å². The van der Waals surface area contributed by atoms with Gasteiger partial charge in [0.1, 0.15) is 5.75 Å². The lowest BCUT2D eigenvalue weighted by molar-refractivity contribution is -0.137. The van der Waals surface area contributed by atoms with E-state index >= 15 is 0 Å². The number of nitrogens with one attached hydrogen (secondary N) is 1. The molecule has 2 aromatic carbocycles. The Kier molecular flexibility index (Phi) is 7.60. The Bertz CT molecular complexity index is 1250. The van der Waals surface area contributed by atoms with Gasteiger partial charge in [-0.2, -0.15) is 0 Å². The molecule has 0 spiro atoms. The van der Waals surface area contributed by atoms with Gasteiger partial charge in [0.2, 0.25) is 10.0 Å². The highest BCUT2D eigenvalue weighted by Crippen LogP contribution is 2.44. The van der Waals surface area contributed by atoms with Gasteiger partial charge in [0.05, 0.1) is 20.0 Å². The Balaban J connectivity index is 2.13. The van der Waals surface area contributed by atoms with E-state index in [0.29, 0.717) is 23.1 Å². The smallest absolute Gasteiger partial charge is 0.330 e. The number of ether oxygens (including phenoxy) is 2. The minimum Gasteiger partial charge on any atom is -0.496 e. The third-order valence-corrected chi connectivity index (χ3v) is 6.20. The second-order valence-electron chi connectivity index (χ2n) is 6.77. The number of methoxy groups -OCH3 is 1. The Morgan fingerprint density at radius 3 is 2.50 bits per heavy atom. The van der Waals surface area contributed by atoms with Crippen molar-refractivity contribution in [3.8, 4) is 28.0 Å². The summed E-state index contributed by atoms with van der Waals surface area (Å²) in [7, 11) is -1.80. The Morgan fingerprint density at radius 2 is 1.88 bits per heavy atom. The normalized spacial score (nSPS) is 11.5. The number of thiophene rings is 1. The standard InChI is InChI=1S/C23H22ClNO5S2/c1-4-30-22(26)12-11-21-23(15-5-8-17(9-6-15)25-32(3,27)28)19(14-31-21)18-10-7-16(24)13-20(18)29-2/h5-14,25H,4H2,1-3H3. The van der Waals surface area contributed by atoms with Crippen LogP contribution in [0.2, 0.25) is 5.02 Å². The lowest BCUT2D eigenvalue weighted by atomic mass is 9.96. The van der Waals surface area contributed by atoms with Crippen molar-refractivity contribution in [1.82, 2.24) is 0 Å². The minimum absolute atomic E-state index is 0.294. The first kappa shape index (κ1) is 23.8. The molecule has 0 unspecified atom stereocenters. The Labute approximate surface area is 196 Å². The summed E-state index contributed by atoms with van der Waals surface area (Å²) >= 11 is 7.60. The van der Waals surface area contributed by atoms with E-state index in [9.17, 15) is 13.2 Å². The molecule has 3 rings (SSSR count). The molecule has 0 amide bonds. The molecule has 0 radical (unpaired) electrons. The van der Waals surface area contributed by atoms with Crippen LogP contribution in [-0.2, 0) is 19.6 Å². The second kappa shape index (κ2) is 10.2. The maximum absolute atomic E-state index is 11.9. The molecule has 0 fully saturated rings. The van der Waals surface area contributed by atoms with Gasteiger partial charge in [0.15, 0.2) is 0 Å². The molecule has 9 heteroatoms. The van der Waals surface area contributed by atoms with Crippen LogP contribution in [0.5, 0.6) is 5.75 Å². The van der Waals surface area contributed by atoms with Crippen LogP contribution in [-0.4, -0.2) is 34.4 Å². The summed E-state index contributed by atoms with van der Waals surface area (Å²) in [5.41, 5.74) is 3.93. The summed E-state index contributed by atoms with van der Waals surface area (Å²) in [6.45, 7) is 2.04. The molecule has 0 saturated heterocycles. The predicted molar refractivity (Wildman–Crippen MR) is 131 cm³/mol. The zero-order valence-corrected chi connectivity index (χ0v) is 20.1. The van der Waals surface area contributed by atoms with Crippen molar-refractivity contribution in [1.29, 1.82) is 0 Å². The molecule has 0 aliphatic carbocycles. The fraction of sp³-hybridized carbons (Fsp3) is 0.174. The monoisotopic (exact) mass is 491 g/mol. The lowest BCUT2D eigenvalue weighted by Gasteiger charge is -2.12. The SMILES string of the molecule is CCOC(=O)C=Cc1scc(-c2ccc(Cl)cc2OC)c1-c1ccc(NS(C)(=O)=O)cc1. The van der Waals surface area contributed by atoms with Crippen LogP contribution in [0.25, 0.3) is 28.3 Å². The molecule has 1 N–H and O–H groups in total. The van der Waals surface area contributed by atoms with Crippen molar-refractivity contribution in [2.24, 2.45) is 0 Å². The molecule has 0 bridgehead atoms. The van der Waals surface area contributed by atoms with E-state index in [4.69, 9.17) is 21.1 Å². The molecule has 1 aromatic heterocycles. The number of hydrogen-bond acceptors (Lipinski definition) is 6. The van der Waals surface area contributed by atoms with Gasteiger partial charge in [-0.3, -0.25) is 4.72 Å². The summed E-state index contributed by atoms with van der Waals surface area (Å²) in [6.07, 6.45) is 4.21. The van der Waals surface area contributed by atoms with Crippen LogP contribution in [0.3, 0.4) is 0 Å². The molecule has 32 heavy (non-hydrogen) atoms. The zero-order chi connectivity index (χ0) is 23.3. The maximum atomic E-state index is 11.9. The van der Waals surface area contributed by atoms with Crippen molar-refractivity contribution < 1.29 is 22.7 Å². The fourth-order valence-electron chi connectivity index (χ4n) is 3.13. The highest BCUT2D eigenvalue weighted by Gasteiger charge is 2.18. The molecule has 0 saturated carbocycles. The number of anilines is 1. The number of benzene rings is 2. The third kappa shape index (κ3) is 5.91. The van der Waals surface area contributed by atoms with E-state index in [1.54, 1.807) is 44.4 Å². The van der Waals surface area contributed by atoms with Gasteiger partial charge in [-0.05, 0) is 54.3 Å². The first-order chi connectivity index (χ1) is 15.2. The van der Waals surface area contributed by atoms with Gasteiger partial charge in [0, 0.05) is 38.4 Å². The summed E-state index contributed by atoms with van der Waals surface area (Å²) in [5.74, 6) is 0.193. The minimum atomic E-state index is -3.38. The predicted octanol–water partition coefficient (Wildman–Crippen LogP) is 5.69. The van der Waals surface area contributed by atoms with E-state index in [1.807, 2.05) is 23.6 Å². The number of sulfonamides is 1. The quantitative estimate of drug-likeness (QED) is 0.323. The van der Waals surface area contributed by atoms with Gasteiger partial charge in [0.25, 0.3) is 0 Å². The van der Waals surface area contributed by atoms with Crippen LogP contribution >= 0.6 is 22.9 Å². The first-order valence-corrected chi connectivity index (χ1v) is 12.7. The van der Waals surface area contributed by atoms with Gasteiger partial charge < -0.3 is 9.47 Å². The molecule has 6 nitrogen and oxygen atoms in total. The van der Waals surface area contributed by atoms with Crippen molar-refractivity contribution in [3.63, 3.8) is 0 Å². The van der Waals surface area contributed by atoms with Gasteiger partial charge >= 0.3 is 5.97 Å². The molecule has 0 aliphatic heterocycles. The van der Waals surface area contributed by atoms with Crippen LogP contribution in [0.15, 0.2) is 53.9 Å². The van der Waals surface area contributed by atoms with Gasteiger partial charge in [-0.1, -0.05) is 23.7 Å². The van der Waals surface area contributed by atoms with Gasteiger partial charge in [-0.15, -0.1) is 11.3 Å². The number of carbonyl (C=O) groups is 1. The van der Waals surface area contributed by atoms with Gasteiger partial charge in [-0.25, -0.2) is 13.2 Å². The molecule has 0 atom stereocenters. The average molecular weight is 492 g/mol. The first-order valence-electron chi connectivity index (χ1n) is 9.60. The summed E-state index contributed by atoms with van der Waals surface area (Å²) in [4.78, 5) is 12.7. The molecule has 0 aliphatic rings. The molecular formula is C23H22ClNO5S2. The van der Waals surface area contributed by atoms with E-state index in [-0.39, 0.29) is 0 Å². The van der Waals surface area contributed by atoms with E-state index in [2.05, 4.69) is 4.72 Å². The third-order valence-electron chi connectivity index (χ3n) is 4.41. The van der Waals surface area contributed by atoms with Crippen molar-refractivity contribution in [3.05, 3.63) is 63.8 Å². The molecular weight excluding hydrogens is 470 g/mol. The van der Waals surface area contributed by atoms with E-state index in [1.165, 1.54) is 17.4 Å². The van der Waals surface area contributed by atoms with Crippen LogP contribution in [0, 0.1) is 0 Å². The highest BCUT2D eigenvalue weighted by atomic mass is 35.5. The molecule has 1 heterocycles.